The van der Waals surface area contributed by atoms with E-state index in [1.54, 1.807) is 6.20 Å². The van der Waals surface area contributed by atoms with Crippen LogP contribution in [0.5, 0.6) is 11.5 Å². The van der Waals surface area contributed by atoms with Gasteiger partial charge in [0.05, 0.1) is 16.8 Å². The van der Waals surface area contributed by atoms with Gasteiger partial charge in [0, 0.05) is 5.56 Å². The Morgan fingerprint density at radius 2 is 1.90 bits per heavy atom. The fourth-order valence-electron chi connectivity index (χ4n) is 2.44. The van der Waals surface area contributed by atoms with Crippen LogP contribution in [0.25, 0.3) is 11.1 Å². The molecule has 6 heteroatoms. The molecule has 0 bridgehead atoms. The fourth-order valence-corrected chi connectivity index (χ4v) is 2.68. The molecule has 2 aromatic rings. The highest BCUT2D eigenvalue weighted by Gasteiger charge is 2.26. The first-order chi connectivity index (χ1) is 9.59. The summed E-state index contributed by atoms with van der Waals surface area (Å²) >= 11 is 6.30. The van der Waals surface area contributed by atoms with Crippen LogP contribution in [0.4, 0.5) is 5.88 Å². The quantitative estimate of drug-likeness (QED) is 0.918. The molecule has 20 heavy (non-hydrogen) atoms. The molecule has 2 heterocycles. The van der Waals surface area contributed by atoms with Crippen molar-refractivity contribution in [1.29, 1.82) is 0 Å². The van der Waals surface area contributed by atoms with E-state index in [4.69, 9.17) is 31.3 Å². The number of fused-ring (bicyclic) bond motifs is 1. The molecule has 1 aliphatic heterocycles. The van der Waals surface area contributed by atoms with Gasteiger partial charge < -0.3 is 19.7 Å². The second-order valence-corrected chi connectivity index (χ2v) is 5.34. The van der Waals surface area contributed by atoms with Gasteiger partial charge in [-0.25, -0.2) is 0 Å². The van der Waals surface area contributed by atoms with Crippen molar-refractivity contribution in [1.82, 2.24) is 5.16 Å². The van der Waals surface area contributed by atoms with Crippen molar-refractivity contribution in [2.45, 2.75) is 19.8 Å². The Balaban J connectivity index is 2.29. The van der Waals surface area contributed by atoms with Crippen molar-refractivity contribution in [2.75, 3.05) is 18.9 Å². The van der Waals surface area contributed by atoms with E-state index in [1.165, 1.54) is 0 Å². The van der Waals surface area contributed by atoms with Gasteiger partial charge in [-0.1, -0.05) is 30.6 Å². The molecule has 0 radical (unpaired) electrons. The van der Waals surface area contributed by atoms with E-state index >= 15 is 0 Å². The van der Waals surface area contributed by atoms with Crippen molar-refractivity contribution in [3.8, 4) is 22.6 Å². The average molecular weight is 295 g/mol. The van der Waals surface area contributed by atoms with E-state index in [0.29, 0.717) is 35.3 Å². The van der Waals surface area contributed by atoms with Gasteiger partial charge in [0.15, 0.2) is 11.5 Å². The van der Waals surface area contributed by atoms with Gasteiger partial charge in [-0.2, -0.15) is 0 Å². The lowest BCUT2D eigenvalue weighted by atomic mass is 9.92. The Labute approximate surface area is 121 Å². The summed E-state index contributed by atoms with van der Waals surface area (Å²) in [6.45, 7) is 5.16. The zero-order chi connectivity index (χ0) is 14.3. The van der Waals surface area contributed by atoms with E-state index in [-0.39, 0.29) is 11.8 Å². The van der Waals surface area contributed by atoms with Crippen molar-refractivity contribution in [3.05, 3.63) is 22.8 Å². The maximum absolute atomic E-state index is 6.30. The number of nitrogens with two attached hydrogens (primary N) is 1. The molecule has 0 amide bonds. The molecule has 1 aromatic carbocycles. The lowest BCUT2D eigenvalue weighted by Crippen LogP contribution is -2.17. The van der Waals surface area contributed by atoms with Crippen molar-refractivity contribution in [2.24, 2.45) is 0 Å². The van der Waals surface area contributed by atoms with Gasteiger partial charge in [0.2, 0.25) is 5.88 Å². The lowest BCUT2D eigenvalue weighted by Gasteiger charge is -2.25. The van der Waals surface area contributed by atoms with Gasteiger partial charge in [0.25, 0.3) is 0 Å². The zero-order valence-corrected chi connectivity index (χ0v) is 12.0. The summed E-state index contributed by atoms with van der Waals surface area (Å²) in [5, 5.41) is 4.22. The first-order valence-corrected chi connectivity index (χ1v) is 6.80. The standard InChI is InChI=1S/C14H15ClN2O3/c1-7(2)11-8(9-6-17-20-14(9)16)5-10(15)12-13(11)19-4-3-18-12/h5-7H,3-4,16H2,1-2H3. The first kappa shape index (κ1) is 13.1. The molecule has 3 rings (SSSR count). The molecular formula is C14H15ClN2O3. The maximum Gasteiger partial charge on any atom is 0.229 e. The molecule has 0 spiro atoms. The van der Waals surface area contributed by atoms with Crippen LogP contribution in [0.3, 0.4) is 0 Å². The van der Waals surface area contributed by atoms with Crippen LogP contribution < -0.4 is 15.2 Å². The highest BCUT2D eigenvalue weighted by molar-refractivity contribution is 6.32. The molecule has 0 saturated heterocycles. The van der Waals surface area contributed by atoms with Gasteiger partial charge in [-0.15, -0.1) is 0 Å². The van der Waals surface area contributed by atoms with E-state index in [9.17, 15) is 0 Å². The third-order valence-corrected chi connectivity index (χ3v) is 3.55. The Bertz CT molecular complexity index is 652. The van der Waals surface area contributed by atoms with Crippen molar-refractivity contribution in [3.63, 3.8) is 0 Å². The molecule has 0 fully saturated rings. The second-order valence-electron chi connectivity index (χ2n) is 4.93. The number of ether oxygens (including phenoxy) is 2. The maximum atomic E-state index is 6.30. The van der Waals surface area contributed by atoms with Gasteiger partial charge in [0.1, 0.15) is 13.2 Å². The average Bonchev–Trinajstić information content (AvgIpc) is 2.84. The third-order valence-electron chi connectivity index (χ3n) is 3.27. The predicted molar refractivity (Wildman–Crippen MR) is 76.4 cm³/mol. The van der Waals surface area contributed by atoms with Gasteiger partial charge in [-0.3, -0.25) is 0 Å². The lowest BCUT2D eigenvalue weighted by molar-refractivity contribution is 0.169. The van der Waals surface area contributed by atoms with Crippen LogP contribution >= 0.6 is 11.6 Å². The normalized spacial score (nSPS) is 13.8. The molecule has 2 N–H and O–H groups in total. The summed E-state index contributed by atoms with van der Waals surface area (Å²) in [5.74, 6) is 1.77. The van der Waals surface area contributed by atoms with Gasteiger partial charge in [-0.05, 0) is 17.5 Å². The predicted octanol–water partition coefficient (Wildman–Crippen LogP) is 3.47. The Morgan fingerprint density at radius 3 is 2.50 bits per heavy atom. The molecule has 0 unspecified atom stereocenters. The smallest absolute Gasteiger partial charge is 0.229 e. The molecule has 1 aliphatic rings. The molecule has 0 saturated carbocycles. The Kier molecular flexibility index (Phi) is 3.22. The van der Waals surface area contributed by atoms with Crippen molar-refractivity contribution >= 4 is 17.5 Å². The van der Waals surface area contributed by atoms with Crippen LogP contribution in [-0.4, -0.2) is 18.4 Å². The molecule has 106 valence electrons. The summed E-state index contributed by atoms with van der Waals surface area (Å²) in [6.07, 6.45) is 1.59. The van der Waals surface area contributed by atoms with E-state index in [2.05, 4.69) is 19.0 Å². The van der Waals surface area contributed by atoms with E-state index < -0.39 is 0 Å². The number of nitrogen functional groups attached to an aromatic ring is 1. The van der Waals surface area contributed by atoms with Crippen molar-refractivity contribution < 1.29 is 14.0 Å². The number of halogens is 1. The number of aromatic nitrogens is 1. The summed E-state index contributed by atoms with van der Waals surface area (Å²) in [4.78, 5) is 0. The number of hydrogen-bond donors (Lipinski definition) is 1. The van der Waals surface area contributed by atoms with E-state index in [0.717, 1.165) is 11.1 Å². The van der Waals surface area contributed by atoms with Crippen LogP contribution in [0, 0.1) is 0 Å². The SMILES string of the molecule is CC(C)c1c(-c2cnoc2N)cc(Cl)c2c1OCCO2. The van der Waals surface area contributed by atoms with E-state index in [1.807, 2.05) is 6.07 Å². The number of rotatable bonds is 2. The summed E-state index contributed by atoms with van der Waals surface area (Å²) in [5.41, 5.74) is 8.41. The number of benzene rings is 1. The zero-order valence-electron chi connectivity index (χ0n) is 11.3. The molecule has 1 aromatic heterocycles. The first-order valence-electron chi connectivity index (χ1n) is 6.42. The van der Waals surface area contributed by atoms with Gasteiger partial charge >= 0.3 is 0 Å². The minimum absolute atomic E-state index is 0.215. The third kappa shape index (κ3) is 1.98. The minimum Gasteiger partial charge on any atom is -0.486 e. The summed E-state index contributed by atoms with van der Waals surface area (Å²) in [7, 11) is 0. The number of anilines is 1. The summed E-state index contributed by atoms with van der Waals surface area (Å²) < 4.78 is 16.3. The Hall–Kier alpha value is -1.88. The molecule has 5 nitrogen and oxygen atoms in total. The Morgan fingerprint density at radius 1 is 1.20 bits per heavy atom. The number of nitrogens with zero attached hydrogens (tertiary/aromatic N) is 1. The molecular weight excluding hydrogens is 280 g/mol. The highest BCUT2D eigenvalue weighted by atomic mass is 35.5. The van der Waals surface area contributed by atoms with Crippen LogP contribution in [0.1, 0.15) is 25.3 Å². The fraction of sp³-hybridized carbons (Fsp3) is 0.357. The second kappa shape index (κ2) is 4.90. The number of hydrogen-bond acceptors (Lipinski definition) is 5. The molecule has 0 atom stereocenters. The van der Waals surface area contributed by atoms with Crippen LogP contribution in [0.2, 0.25) is 5.02 Å². The topological polar surface area (TPSA) is 70.5 Å². The summed E-state index contributed by atoms with van der Waals surface area (Å²) in [6, 6.07) is 1.83. The largest absolute Gasteiger partial charge is 0.486 e. The highest BCUT2D eigenvalue weighted by Crippen LogP contribution is 2.48. The monoisotopic (exact) mass is 294 g/mol. The van der Waals surface area contributed by atoms with Crippen LogP contribution in [0.15, 0.2) is 16.8 Å². The van der Waals surface area contributed by atoms with Crippen LogP contribution in [-0.2, 0) is 0 Å². The molecule has 0 aliphatic carbocycles. The minimum atomic E-state index is 0.215.